The molecule has 0 aromatic carbocycles. The molecule has 122 valence electrons. The molecule has 2 heterocycles. The Hall–Kier alpha value is -0.650. The quantitative estimate of drug-likeness (QED) is 0.820. The van der Waals surface area contributed by atoms with Gasteiger partial charge in [-0.1, -0.05) is 13.8 Å². The van der Waals surface area contributed by atoms with Crippen molar-refractivity contribution in [3.05, 3.63) is 0 Å². The third-order valence-corrected chi connectivity index (χ3v) is 4.42. The second kappa shape index (κ2) is 8.11. The first-order valence-electron chi connectivity index (χ1n) is 8.39. The van der Waals surface area contributed by atoms with E-state index in [0.717, 1.165) is 52.4 Å². The van der Waals surface area contributed by atoms with E-state index in [1.165, 1.54) is 0 Å². The number of morpholine rings is 1. The summed E-state index contributed by atoms with van der Waals surface area (Å²) in [4.78, 5) is 17.1. The van der Waals surface area contributed by atoms with Gasteiger partial charge in [-0.25, -0.2) is 0 Å². The highest BCUT2D eigenvalue weighted by molar-refractivity contribution is 5.77. The Morgan fingerprint density at radius 1 is 1.33 bits per heavy atom. The largest absolute Gasteiger partial charge is 0.379 e. The van der Waals surface area contributed by atoms with E-state index in [-0.39, 0.29) is 0 Å². The summed E-state index contributed by atoms with van der Waals surface area (Å²) in [6.45, 7) is 12.8. The Bertz CT molecular complexity index is 329. The van der Waals surface area contributed by atoms with Crippen LogP contribution >= 0.6 is 0 Å². The van der Waals surface area contributed by atoms with Gasteiger partial charge in [0, 0.05) is 51.2 Å². The highest BCUT2D eigenvalue weighted by atomic mass is 16.5. The summed E-state index contributed by atoms with van der Waals surface area (Å²) in [7, 11) is 0. The van der Waals surface area contributed by atoms with Crippen molar-refractivity contribution in [1.29, 1.82) is 0 Å². The number of hydrogen-bond acceptors (Lipinski definition) is 4. The smallest absolute Gasteiger partial charge is 0.224 e. The molecule has 2 aliphatic rings. The van der Waals surface area contributed by atoms with Gasteiger partial charge >= 0.3 is 0 Å². The zero-order chi connectivity index (χ0) is 15.2. The van der Waals surface area contributed by atoms with Crippen molar-refractivity contribution >= 4 is 5.91 Å². The molecule has 5 nitrogen and oxygen atoms in total. The number of amides is 1. The maximum atomic E-state index is 12.6. The summed E-state index contributed by atoms with van der Waals surface area (Å²) < 4.78 is 5.35. The van der Waals surface area contributed by atoms with Crippen LogP contribution in [0.1, 0.15) is 33.6 Å². The fourth-order valence-electron chi connectivity index (χ4n) is 3.24. The van der Waals surface area contributed by atoms with Crippen LogP contribution in [0.15, 0.2) is 0 Å². The number of nitrogens with one attached hydrogen (secondary N) is 1. The number of piperazine rings is 1. The van der Waals surface area contributed by atoms with Crippen LogP contribution in [-0.2, 0) is 9.53 Å². The molecular formula is C16H31N3O2. The molecule has 0 spiro atoms. The highest BCUT2D eigenvalue weighted by Gasteiger charge is 2.29. The summed E-state index contributed by atoms with van der Waals surface area (Å²) in [5.41, 5.74) is 0. The van der Waals surface area contributed by atoms with Crippen LogP contribution in [0.4, 0.5) is 0 Å². The fraction of sp³-hybridized carbons (Fsp3) is 0.938. The lowest BCUT2D eigenvalue weighted by Crippen LogP contribution is -2.58. The van der Waals surface area contributed by atoms with Gasteiger partial charge in [0.25, 0.3) is 0 Å². The summed E-state index contributed by atoms with van der Waals surface area (Å²) in [5.74, 6) is 0.945. The van der Waals surface area contributed by atoms with E-state index >= 15 is 0 Å². The lowest BCUT2D eigenvalue weighted by Gasteiger charge is -2.40. The molecular weight excluding hydrogens is 266 g/mol. The van der Waals surface area contributed by atoms with E-state index in [0.29, 0.717) is 30.3 Å². The second-order valence-electron chi connectivity index (χ2n) is 6.84. The van der Waals surface area contributed by atoms with Crippen molar-refractivity contribution in [2.75, 3.05) is 45.9 Å². The second-order valence-corrected chi connectivity index (χ2v) is 6.84. The summed E-state index contributed by atoms with van der Waals surface area (Å²) in [6, 6.07) is 0.763. The molecule has 2 unspecified atom stereocenters. The molecule has 2 rings (SSSR count). The van der Waals surface area contributed by atoms with Gasteiger partial charge in [-0.3, -0.25) is 9.69 Å². The zero-order valence-corrected chi connectivity index (χ0v) is 13.8. The van der Waals surface area contributed by atoms with E-state index in [4.69, 9.17) is 4.74 Å². The SMILES string of the molecule is CC(C)CC1CNC(C)CN1C(=O)CCN1CCOCC1. The van der Waals surface area contributed by atoms with Crippen LogP contribution in [0.2, 0.25) is 0 Å². The lowest BCUT2D eigenvalue weighted by atomic mass is 9.99. The van der Waals surface area contributed by atoms with Gasteiger partial charge in [-0.2, -0.15) is 0 Å². The number of ether oxygens (including phenoxy) is 1. The Morgan fingerprint density at radius 2 is 2.05 bits per heavy atom. The first-order valence-corrected chi connectivity index (χ1v) is 8.39. The van der Waals surface area contributed by atoms with Crippen molar-refractivity contribution < 1.29 is 9.53 Å². The predicted molar refractivity (Wildman–Crippen MR) is 84.3 cm³/mol. The van der Waals surface area contributed by atoms with E-state index in [2.05, 4.69) is 35.9 Å². The fourth-order valence-corrected chi connectivity index (χ4v) is 3.24. The molecule has 0 radical (unpaired) electrons. The van der Waals surface area contributed by atoms with Crippen LogP contribution in [0.3, 0.4) is 0 Å². The lowest BCUT2D eigenvalue weighted by molar-refractivity contribution is -0.136. The molecule has 5 heteroatoms. The normalized spacial score (nSPS) is 28.1. The average molecular weight is 297 g/mol. The average Bonchev–Trinajstić information content (AvgIpc) is 2.47. The van der Waals surface area contributed by atoms with Gasteiger partial charge < -0.3 is 15.0 Å². The Kier molecular flexibility index (Phi) is 6.45. The molecule has 0 aromatic heterocycles. The number of carbonyl (C=O) groups is 1. The molecule has 2 fully saturated rings. The van der Waals surface area contributed by atoms with Gasteiger partial charge in [0.15, 0.2) is 0 Å². The molecule has 0 saturated carbocycles. The van der Waals surface area contributed by atoms with Crippen LogP contribution in [0.5, 0.6) is 0 Å². The third kappa shape index (κ3) is 5.24. The van der Waals surface area contributed by atoms with Crippen LogP contribution in [-0.4, -0.2) is 73.7 Å². The maximum Gasteiger partial charge on any atom is 0.224 e. The molecule has 1 amide bonds. The first-order chi connectivity index (χ1) is 10.1. The van der Waals surface area contributed by atoms with Crippen molar-refractivity contribution in [3.63, 3.8) is 0 Å². The summed E-state index contributed by atoms with van der Waals surface area (Å²) >= 11 is 0. The number of carbonyl (C=O) groups excluding carboxylic acids is 1. The Morgan fingerprint density at radius 3 is 2.71 bits per heavy atom. The molecule has 1 N–H and O–H groups in total. The molecule has 0 aromatic rings. The van der Waals surface area contributed by atoms with Crippen LogP contribution in [0, 0.1) is 5.92 Å². The first kappa shape index (κ1) is 16.7. The van der Waals surface area contributed by atoms with E-state index in [1.807, 2.05) is 0 Å². The van der Waals surface area contributed by atoms with Gasteiger partial charge in [0.1, 0.15) is 0 Å². The maximum absolute atomic E-state index is 12.6. The molecule has 2 atom stereocenters. The molecule has 2 aliphatic heterocycles. The van der Waals surface area contributed by atoms with Crippen molar-refractivity contribution in [2.45, 2.75) is 45.7 Å². The van der Waals surface area contributed by atoms with E-state index in [1.54, 1.807) is 0 Å². The molecule has 21 heavy (non-hydrogen) atoms. The highest BCUT2D eigenvalue weighted by Crippen LogP contribution is 2.16. The number of hydrogen-bond donors (Lipinski definition) is 1. The van der Waals surface area contributed by atoms with E-state index < -0.39 is 0 Å². The van der Waals surface area contributed by atoms with E-state index in [9.17, 15) is 4.79 Å². The van der Waals surface area contributed by atoms with Gasteiger partial charge in [0.05, 0.1) is 13.2 Å². The molecule has 2 saturated heterocycles. The molecule has 0 aliphatic carbocycles. The number of rotatable bonds is 5. The zero-order valence-electron chi connectivity index (χ0n) is 13.8. The van der Waals surface area contributed by atoms with Crippen LogP contribution < -0.4 is 5.32 Å². The Labute approximate surface area is 129 Å². The minimum Gasteiger partial charge on any atom is -0.379 e. The minimum atomic E-state index is 0.320. The topological polar surface area (TPSA) is 44.8 Å². The third-order valence-electron chi connectivity index (χ3n) is 4.42. The predicted octanol–water partition coefficient (Wildman–Crippen LogP) is 0.944. The number of nitrogens with zero attached hydrogens (tertiary/aromatic N) is 2. The van der Waals surface area contributed by atoms with Gasteiger partial charge in [0.2, 0.25) is 5.91 Å². The van der Waals surface area contributed by atoms with Gasteiger partial charge in [-0.05, 0) is 19.3 Å². The molecule has 0 bridgehead atoms. The summed E-state index contributed by atoms with van der Waals surface area (Å²) in [5, 5.41) is 3.51. The minimum absolute atomic E-state index is 0.320. The monoisotopic (exact) mass is 297 g/mol. The Balaban J connectivity index is 1.84. The standard InChI is InChI=1S/C16H31N3O2/c1-13(2)10-15-11-17-14(3)12-19(15)16(20)4-5-18-6-8-21-9-7-18/h13-15,17H,4-12H2,1-3H3. The van der Waals surface area contributed by atoms with Crippen LogP contribution in [0.25, 0.3) is 0 Å². The van der Waals surface area contributed by atoms with Gasteiger partial charge in [-0.15, -0.1) is 0 Å². The van der Waals surface area contributed by atoms with Crippen molar-refractivity contribution in [2.24, 2.45) is 5.92 Å². The summed E-state index contributed by atoms with van der Waals surface area (Å²) in [6.07, 6.45) is 1.73. The van der Waals surface area contributed by atoms with Crippen molar-refractivity contribution in [3.8, 4) is 0 Å². The van der Waals surface area contributed by atoms with Crippen molar-refractivity contribution in [1.82, 2.24) is 15.1 Å².